The van der Waals surface area contributed by atoms with E-state index in [-0.39, 0.29) is 58.1 Å². The van der Waals surface area contributed by atoms with Crippen LogP contribution < -0.4 is 5.32 Å². The number of nitrogens with one attached hydrogen (secondary N) is 1. The van der Waals surface area contributed by atoms with Crippen LogP contribution in [-0.4, -0.2) is 51.4 Å². The van der Waals surface area contributed by atoms with Crippen LogP contribution in [0, 0.1) is 30.6 Å². The lowest BCUT2D eigenvalue weighted by molar-refractivity contribution is -0.149. The van der Waals surface area contributed by atoms with Crippen LogP contribution >= 0.6 is 31.9 Å². The summed E-state index contributed by atoms with van der Waals surface area (Å²) in [6.07, 6.45) is 0.740. The molecule has 1 heterocycles. The molecular weight excluding hydrogens is 520 g/mol. The van der Waals surface area contributed by atoms with Crippen LogP contribution in [0.4, 0.5) is 5.69 Å². The predicted octanol–water partition coefficient (Wildman–Crippen LogP) is 2.64. The SMILES string of the molecule is Cc1ccc(NC(=O)COC(=O)CCN2C(=O)[C@@H]3[C@H]4C[C@@H]([C@H](Br)[C@H]4Br)[C@H]3C2=O)cc1. The third kappa shape index (κ3) is 3.82. The number of nitrogens with zero attached hydrogens (tertiary/aromatic N) is 1. The summed E-state index contributed by atoms with van der Waals surface area (Å²) in [5.41, 5.74) is 1.69. The number of ether oxygens (including phenoxy) is 1. The number of hydrogen-bond acceptors (Lipinski definition) is 5. The number of carbonyl (C=O) groups is 4. The number of hydrogen-bond donors (Lipinski definition) is 1. The molecule has 0 aromatic heterocycles. The molecule has 2 bridgehead atoms. The molecule has 1 aromatic carbocycles. The van der Waals surface area contributed by atoms with Crippen molar-refractivity contribution >= 4 is 61.2 Å². The Bertz CT molecular complexity index is 858. The van der Waals surface area contributed by atoms with Crippen molar-refractivity contribution in [2.45, 2.75) is 29.4 Å². The topological polar surface area (TPSA) is 92.8 Å². The molecule has 4 rings (SSSR count). The summed E-state index contributed by atoms with van der Waals surface area (Å²) in [5.74, 6) is -1.75. The minimum absolute atomic E-state index is 0.0115. The van der Waals surface area contributed by atoms with Crippen molar-refractivity contribution in [1.82, 2.24) is 4.90 Å². The van der Waals surface area contributed by atoms with Gasteiger partial charge in [-0.15, -0.1) is 0 Å². The number of benzene rings is 1. The maximum absolute atomic E-state index is 12.8. The van der Waals surface area contributed by atoms with Gasteiger partial charge in [0.1, 0.15) is 0 Å². The van der Waals surface area contributed by atoms with E-state index in [9.17, 15) is 19.2 Å². The lowest BCUT2D eigenvalue weighted by atomic mass is 9.81. The summed E-state index contributed by atoms with van der Waals surface area (Å²) in [4.78, 5) is 51.1. The first-order valence-corrected chi connectivity index (χ1v) is 11.8. The third-order valence-corrected chi connectivity index (χ3v) is 9.52. The zero-order valence-electron chi connectivity index (χ0n) is 16.3. The second-order valence-electron chi connectivity index (χ2n) is 8.16. The van der Waals surface area contributed by atoms with Gasteiger partial charge in [0.25, 0.3) is 5.91 Å². The van der Waals surface area contributed by atoms with E-state index in [1.165, 1.54) is 4.90 Å². The number of amides is 3. The van der Waals surface area contributed by atoms with Crippen molar-refractivity contribution in [3.8, 4) is 0 Å². The number of aryl methyl sites for hydroxylation is 1. The van der Waals surface area contributed by atoms with Gasteiger partial charge in [-0.1, -0.05) is 49.6 Å². The van der Waals surface area contributed by atoms with Crippen LogP contribution in [0.1, 0.15) is 18.4 Å². The zero-order valence-corrected chi connectivity index (χ0v) is 19.5. The predicted molar refractivity (Wildman–Crippen MR) is 116 cm³/mol. The number of likely N-dealkylation sites (tertiary alicyclic amines) is 1. The standard InChI is InChI=1S/C21H22Br2N2O5/c1-10-2-4-11(5-3-10)24-14(26)9-30-15(27)6-7-25-20(28)16-12-8-13(17(16)21(25)29)19(23)18(12)22/h2-5,12-13,16-19H,6-9H2,1H3,(H,24,26)/t12-,13-,16-,17-,18+,19+/m1/s1. The van der Waals surface area contributed by atoms with E-state index >= 15 is 0 Å². The Balaban J connectivity index is 1.25. The molecule has 1 aromatic rings. The summed E-state index contributed by atoms with van der Waals surface area (Å²) in [6.45, 7) is 1.51. The van der Waals surface area contributed by atoms with Gasteiger partial charge in [0.05, 0.1) is 18.3 Å². The highest BCUT2D eigenvalue weighted by Gasteiger charge is 2.66. The Morgan fingerprint density at radius 1 is 1.07 bits per heavy atom. The summed E-state index contributed by atoms with van der Waals surface area (Å²) in [6, 6.07) is 7.25. The number of esters is 1. The molecule has 0 spiro atoms. The van der Waals surface area contributed by atoms with Gasteiger partial charge in [-0.2, -0.15) is 0 Å². The number of carbonyl (C=O) groups excluding carboxylic acids is 4. The van der Waals surface area contributed by atoms with Crippen molar-refractivity contribution in [2.75, 3.05) is 18.5 Å². The quantitative estimate of drug-likeness (QED) is 0.339. The Morgan fingerprint density at radius 2 is 1.63 bits per heavy atom. The average molecular weight is 542 g/mol. The average Bonchev–Trinajstić information content (AvgIpc) is 3.32. The summed E-state index contributed by atoms with van der Waals surface area (Å²) < 4.78 is 5.00. The molecule has 1 saturated heterocycles. The van der Waals surface area contributed by atoms with Gasteiger partial charge < -0.3 is 10.1 Å². The van der Waals surface area contributed by atoms with Crippen molar-refractivity contribution < 1.29 is 23.9 Å². The van der Waals surface area contributed by atoms with Crippen molar-refractivity contribution in [2.24, 2.45) is 23.7 Å². The smallest absolute Gasteiger partial charge is 0.308 e. The van der Waals surface area contributed by atoms with E-state index in [1.807, 2.05) is 19.1 Å². The molecule has 2 saturated carbocycles. The van der Waals surface area contributed by atoms with Crippen molar-refractivity contribution in [3.63, 3.8) is 0 Å². The van der Waals surface area contributed by atoms with Crippen LogP contribution in [0.5, 0.6) is 0 Å². The molecule has 3 amide bonds. The molecule has 9 heteroatoms. The molecule has 3 fully saturated rings. The fourth-order valence-electron chi connectivity index (χ4n) is 4.89. The van der Waals surface area contributed by atoms with Crippen LogP contribution in [0.3, 0.4) is 0 Å². The molecule has 160 valence electrons. The van der Waals surface area contributed by atoms with Gasteiger partial charge in [-0.3, -0.25) is 24.1 Å². The van der Waals surface area contributed by atoms with Crippen LogP contribution in [0.2, 0.25) is 0 Å². The Hall–Kier alpha value is -1.74. The van der Waals surface area contributed by atoms with Crippen LogP contribution in [-0.2, 0) is 23.9 Å². The minimum atomic E-state index is -0.619. The molecule has 0 radical (unpaired) electrons. The molecule has 7 nitrogen and oxygen atoms in total. The maximum Gasteiger partial charge on any atom is 0.308 e. The molecule has 6 atom stereocenters. The summed E-state index contributed by atoms with van der Waals surface area (Å²) in [5, 5.41) is 2.64. The number of imide groups is 1. The van der Waals surface area contributed by atoms with Crippen molar-refractivity contribution in [1.29, 1.82) is 0 Å². The zero-order chi connectivity index (χ0) is 21.6. The number of alkyl halides is 2. The molecule has 0 unspecified atom stereocenters. The lowest BCUT2D eigenvalue weighted by Gasteiger charge is -2.28. The molecule has 1 aliphatic heterocycles. The number of anilines is 1. The van der Waals surface area contributed by atoms with E-state index in [0.717, 1.165) is 12.0 Å². The van der Waals surface area contributed by atoms with E-state index in [4.69, 9.17) is 4.74 Å². The van der Waals surface area contributed by atoms with Crippen LogP contribution in [0.15, 0.2) is 24.3 Å². The van der Waals surface area contributed by atoms with Crippen LogP contribution in [0.25, 0.3) is 0 Å². The largest absolute Gasteiger partial charge is 0.456 e. The summed E-state index contributed by atoms with van der Waals surface area (Å²) >= 11 is 7.29. The van der Waals surface area contributed by atoms with Gasteiger partial charge >= 0.3 is 5.97 Å². The van der Waals surface area contributed by atoms with Gasteiger partial charge in [0.15, 0.2) is 6.61 Å². The van der Waals surface area contributed by atoms with Gasteiger partial charge in [0.2, 0.25) is 11.8 Å². The van der Waals surface area contributed by atoms with Gasteiger partial charge in [-0.25, -0.2) is 0 Å². The molecular formula is C21H22Br2N2O5. The fourth-order valence-corrected chi connectivity index (χ4v) is 6.76. The number of fused-ring (bicyclic) bond motifs is 5. The maximum atomic E-state index is 12.8. The number of halogens is 2. The molecule has 1 N–H and O–H groups in total. The second-order valence-corrected chi connectivity index (χ2v) is 10.3. The van der Waals surface area contributed by atoms with Gasteiger partial charge in [-0.05, 0) is 37.3 Å². The third-order valence-electron chi connectivity index (χ3n) is 6.32. The second kappa shape index (κ2) is 8.42. The monoisotopic (exact) mass is 540 g/mol. The highest BCUT2D eigenvalue weighted by Crippen LogP contribution is 2.60. The number of rotatable bonds is 6. The van der Waals surface area contributed by atoms with E-state index < -0.39 is 18.5 Å². The highest BCUT2D eigenvalue weighted by atomic mass is 79.9. The van der Waals surface area contributed by atoms with Gasteiger partial charge in [0, 0.05) is 21.9 Å². The first-order valence-electron chi connectivity index (χ1n) is 9.93. The van der Waals surface area contributed by atoms with Crippen molar-refractivity contribution in [3.05, 3.63) is 29.8 Å². The first kappa shape index (κ1) is 21.5. The van der Waals surface area contributed by atoms with E-state index in [2.05, 4.69) is 37.2 Å². The Labute approximate surface area is 191 Å². The highest BCUT2D eigenvalue weighted by molar-refractivity contribution is 9.12. The lowest BCUT2D eigenvalue weighted by Crippen LogP contribution is -2.37. The molecule has 2 aliphatic carbocycles. The van der Waals surface area contributed by atoms with E-state index in [0.29, 0.717) is 5.69 Å². The Kier molecular flexibility index (Phi) is 6.03. The summed E-state index contributed by atoms with van der Waals surface area (Å²) in [7, 11) is 0. The minimum Gasteiger partial charge on any atom is -0.456 e. The fraction of sp³-hybridized carbons (Fsp3) is 0.524. The van der Waals surface area contributed by atoms with E-state index in [1.54, 1.807) is 12.1 Å². The molecule has 30 heavy (non-hydrogen) atoms. The normalized spacial score (nSPS) is 31.8. The first-order chi connectivity index (χ1) is 14.3. The Morgan fingerprint density at radius 3 is 2.20 bits per heavy atom. The molecule has 3 aliphatic rings.